The van der Waals surface area contributed by atoms with Gasteiger partial charge in [-0.3, -0.25) is 14.2 Å². The summed E-state index contributed by atoms with van der Waals surface area (Å²) in [4.78, 5) is 27.3. The molecule has 1 amide bonds. The number of ether oxygens (including phenoxy) is 3. The molecule has 158 valence electrons. The predicted octanol–water partition coefficient (Wildman–Crippen LogP) is 1.46. The monoisotopic (exact) mass is 421 g/mol. The molecule has 3 heterocycles. The van der Waals surface area contributed by atoms with Crippen molar-refractivity contribution in [1.29, 1.82) is 0 Å². The van der Waals surface area contributed by atoms with Gasteiger partial charge in [-0.05, 0) is 42.0 Å². The SMILES string of the molecule is COc1ccc(N2CCn3c2nnc(C(=O)NCc2ccc4c(c2)OCO4)c3=O)cc1. The van der Waals surface area contributed by atoms with Crippen LogP contribution in [-0.2, 0) is 13.1 Å². The van der Waals surface area contributed by atoms with Crippen LogP contribution in [0.2, 0.25) is 0 Å². The largest absolute Gasteiger partial charge is 0.497 e. The van der Waals surface area contributed by atoms with Crippen molar-refractivity contribution in [2.45, 2.75) is 13.1 Å². The van der Waals surface area contributed by atoms with E-state index in [9.17, 15) is 9.59 Å². The Morgan fingerprint density at radius 1 is 1.10 bits per heavy atom. The van der Waals surface area contributed by atoms with Crippen LogP contribution in [-0.4, -0.2) is 41.1 Å². The first kappa shape index (κ1) is 18.9. The molecule has 0 aliphatic carbocycles. The zero-order chi connectivity index (χ0) is 21.4. The Kier molecular flexibility index (Phi) is 4.66. The first-order valence-corrected chi connectivity index (χ1v) is 9.70. The number of anilines is 2. The van der Waals surface area contributed by atoms with Gasteiger partial charge in [-0.25, -0.2) is 0 Å². The van der Waals surface area contributed by atoms with Gasteiger partial charge in [-0.15, -0.1) is 10.2 Å². The van der Waals surface area contributed by atoms with Crippen LogP contribution in [0.4, 0.5) is 11.6 Å². The number of methoxy groups -OCH3 is 1. The first-order chi connectivity index (χ1) is 15.1. The lowest BCUT2D eigenvalue weighted by atomic mass is 10.2. The van der Waals surface area contributed by atoms with E-state index in [1.807, 2.05) is 35.2 Å². The average Bonchev–Trinajstić information content (AvgIpc) is 3.45. The van der Waals surface area contributed by atoms with Crippen LogP contribution >= 0.6 is 0 Å². The maximum Gasteiger partial charge on any atom is 0.286 e. The highest BCUT2D eigenvalue weighted by Crippen LogP contribution is 2.32. The van der Waals surface area contributed by atoms with E-state index < -0.39 is 11.5 Å². The number of fused-ring (bicyclic) bond motifs is 2. The Morgan fingerprint density at radius 3 is 2.71 bits per heavy atom. The van der Waals surface area contributed by atoms with Gasteiger partial charge >= 0.3 is 0 Å². The summed E-state index contributed by atoms with van der Waals surface area (Å²) in [5.74, 6) is 1.86. The van der Waals surface area contributed by atoms with Crippen molar-refractivity contribution in [1.82, 2.24) is 20.1 Å². The molecule has 0 fully saturated rings. The Bertz CT molecular complexity index is 1210. The molecule has 0 bridgehead atoms. The highest BCUT2D eigenvalue weighted by molar-refractivity contribution is 5.91. The lowest BCUT2D eigenvalue weighted by molar-refractivity contribution is 0.0942. The van der Waals surface area contributed by atoms with Crippen LogP contribution in [0.5, 0.6) is 17.2 Å². The maximum absolute atomic E-state index is 12.9. The average molecular weight is 421 g/mol. The minimum absolute atomic E-state index is 0.181. The fourth-order valence-corrected chi connectivity index (χ4v) is 3.58. The second-order valence-corrected chi connectivity index (χ2v) is 7.03. The van der Waals surface area contributed by atoms with E-state index in [-0.39, 0.29) is 19.0 Å². The zero-order valence-electron chi connectivity index (χ0n) is 16.7. The van der Waals surface area contributed by atoms with Crippen LogP contribution in [0.15, 0.2) is 47.3 Å². The predicted molar refractivity (Wildman–Crippen MR) is 110 cm³/mol. The van der Waals surface area contributed by atoms with Gasteiger partial charge in [0.1, 0.15) is 5.75 Å². The number of amides is 1. The van der Waals surface area contributed by atoms with Crippen molar-refractivity contribution >= 4 is 17.5 Å². The lowest BCUT2D eigenvalue weighted by Gasteiger charge is -2.17. The van der Waals surface area contributed by atoms with Crippen LogP contribution in [0, 0.1) is 0 Å². The van der Waals surface area contributed by atoms with Crippen LogP contribution < -0.4 is 30.0 Å². The van der Waals surface area contributed by atoms with Crippen LogP contribution in [0.25, 0.3) is 0 Å². The molecule has 31 heavy (non-hydrogen) atoms. The number of hydrogen-bond donors (Lipinski definition) is 1. The Morgan fingerprint density at radius 2 is 1.90 bits per heavy atom. The Hall–Kier alpha value is -4.08. The molecular formula is C21H19N5O5. The molecule has 0 saturated heterocycles. The van der Waals surface area contributed by atoms with E-state index in [1.54, 1.807) is 19.2 Å². The summed E-state index contributed by atoms with van der Waals surface area (Å²) in [6.45, 7) is 1.37. The van der Waals surface area contributed by atoms with Gasteiger partial charge in [0, 0.05) is 25.3 Å². The molecule has 0 unspecified atom stereocenters. The summed E-state index contributed by atoms with van der Waals surface area (Å²) in [6.07, 6.45) is 0. The van der Waals surface area contributed by atoms with E-state index in [1.165, 1.54) is 4.57 Å². The number of carbonyl (C=O) groups excluding carboxylic acids is 1. The maximum atomic E-state index is 12.9. The van der Waals surface area contributed by atoms with E-state index in [0.29, 0.717) is 30.5 Å². The van der Waals surface area contributed by atoms with E-state index in [0.717, 1.165) is 17.0 Å². The molecule has 0 radical (unpaired) electrons. The van der Waals surface area contributed by atoms with E-state index in [2.05, 4.69) is 15.5 Å². The topological polar surface area (TPSA) is 108 Å². The van der Waals surface area contributed by atoms with Crippen molar-refractivity contribution in [2.24, 2.45) is 0 Å². The van der Waals surface area contributed by atoms with E-state index >= 15 is 0 Å². The molecule has 3 aromatic rings. The summed E-state index contributed by atoms with van der Waals surface area (Å²) in [6, 6.07) is 12.8. The van der Waals surface area contributed by atoms with Gasteiger partial charge in [0.05, 0.1) is 7.11 Å². The number of rotatable bonds is 5. The quantitative estimate of drug-likeness (QED) is 0.660. The second kappa shape index (κ2) is 7.63. The number of nitrogens with one attached hydrogen (secondary N) is 1. The standard InChI is InChI=1S/C21H19N5O5/c1-29-15-5-3-14(4-6-15)25-8-9-26-20(28)18(23-24-21(25)26)19(27)22-11-13-2-7-16-17(10-13)31-12-30-16/h2-7,10H,8-9,11-12H2,1H3,(H,22,27). The third-order valence-electron chi connectivity index (χ3n) is 5.21. The summed E-state index contributed by atoms with van der Waals surface area (Å²) in [7, 11) is 1.60. The van der Waals surface area contributed by atoms with Gasteiger partial charge < -0.3 is 24.4 Å². The molecule has 1 N–H and O–H groups in total. The van der Waals surface area contributed by atoms with E-state index in [4.69, 9.17) is 14.2 Å². The molecule has 0 atom stereocenters. The van der Waals surface area contributed by atoms with Crippen molar-refractivity contribution in [3.8, 4) is 17.2 Å². The van der Waals surface area contributed by atoms with Crippen molar-refractivity contribution in [2.75, 3.05) is 25.3 Å². The van der Waals surface area contributed by atoms with Gasteiger partial charge in [0.15, 0.2) is 11.5 Å². The minimum atomic E-state index is -0.576. The third kappa shape index (κ3) is 3.41. The molecule has 0 saturated carbocycles. The smallest absolute Gasteiger partial charge is 0.286 e. The number of carbonyl (C=O) groups is 1. The lowest BCUT2D eigenvalue weighted by Crippen LogP contribution is -2.34. The molecule has 2 aliphatic rings. The van der Waals surface area contributed by atoms with Crippen molar-refractivity contribution < 1.29 is 19.0 Å². The summed E-state index contributed by atoms with van der Waals surface area (Å²) < 4.78 is 17.3. The normalized spacial score (nSPS) is 13.8. The molecule has 2 aliphatic heterocycles. The second-order valence-electron chi connectivity index (χ2n) is 7.03. The first-order valence-electron chi connectivity index (χ1n) is 9.70. The van der Waals surface area contributed by atoms with Crippen molar-refractivity contribution in [3.63, 3.8) is 0 Å². The fraction of sp³-hybridized carbons (Fsp3) is 0.238. The molecule has 0 spiro atoms. The summed E-state index contributed by atoms with van der Waals surface area (Å²) in [5, 5.41) is 10.8. The zero-order valence-corrected chi connectivity index (χ0v) is 16.7. The van der Waals surface area contributed by atoms with Gasteiger partial charge in [-0.2, -0.15) is 0 Å². The number of benzene rings is 2. The van der Waals surface area contributed by atoms with Gasteiger partial charge in [0.2, 0.25) is 18.4 Å². The number of aromatic nitrogens is 3. The molecule has 2 aromatic carbocycles. The molecule has 10 heteroatoms. The molecule has 10 nitrogen and oxygen atoms in total. The minimum Gasteiger partial charge on any atom is -0.497 e. The van der Waals surface area contributed by atoms with Crippen LogP contribution in [0.3, 0.4) is 0 Å². The third-order valence-corrected chi connectivity index (χ3v) is 5.21. The number of nitrogens with zero attached hydrogens (tertiary/aromatic N) is 4. The highest BCUT2D eigenvalue weighted by atomic mass is 16.7. The summed E-state index contributed by atoms with van der Waals surface area (Å²) in [5.41, 5.74) is 0.975. The van der Waals surface area contributed by atoms with Gasteiger partial charge in [0.25, 0.3) is 11.5 Å². The number of hydrogen-bond acceptors (Lipinski definition) is 8. The Labute approximate surface area is 177 Å². The molecular weight excluding hydrogens is 402 g/mol. The van der Waals surface area contributed by atoms with Crippen molar-refractivity contribution in [3.05, 3.63) is 64.1 Å². The van der Waals surface area contributed by atoms with Crippen LogP contribution in [0.1, 0.15) is 16.1 Å². The fourth-order valence-electron chi connectivity index (χ4n) is 3.58. The Balaban J connectivity index is 1.33. The highest BCUT2D eigenvalue weighted by Gasteiger charge is 2.27. The van der Waals surface area contributed by atoms with Gasteiger partial charge in [-0.1, -0.05) is 6.07 Å². The molecule has 1 aromatic heterocycles. The summed E-state index contributed by atoms with van der Waals surface area (Å²) >= 11 is 0. The molecule has 5 rings (SSSR count).